The lowest BCUT2D eigenvalue weighted by molar-refractivity contribution is 0.0439. The number of carbonyl (C=O) groups excluding carboxylic acids is 2. The van der Waals surface area contributed by atoms with E-state index >= 15 is 0 Å². The number of ether oxygens (including phenoxy) is 1. The Morgan fingerprint density at radius 3 is 2.72 bits per heavy atom. The molecular weight excluding hydrogens is 318 g/mol. The van der Waals surface area contributed by atoms with Crippen molar-refractivity contribution >= 4 is 22.9 Å². The van der Waals surface area contributed by atoms with E-state index in [1.54, 1.807) is 11.9 Å². The summed E-state index contributed by atoms with van der Waals surface area (Å²) in [4.78, 5) is 28.4. The first-order valence-electron chi connectivity index (χ1n) is 8.77. The lowest BCUT2D eigenvalue weighted by Gasteiger charge is -2.25. The number of hydrogen-bond donors (Lipinski definition) is 0. The Labute approximate surface area is 146 Å². The summed E-state index contributed by atoms with van der Waals surface area (Å²) in [6, 6.07) is 7.97. The lowest BCUT2D eigenvalue weighted by atomic mass is 9.95. The summed E-state index contributed by atoms with van der Waals surface area (Å²) in [5.41, 5.74) is 1.37. The van der Waals surface area contributed by atoms with E-state index in [0.29, 0.717) is 26.1 Å². The fraction of sp³-hybridized carbons (Fsp3) is 0.474. The normalized spacial score (nSPS) is 24.0. The quantitative estimate of drug-likeness (QED) is 0.801. The van der Waals surface area contributed by atoms with Gasteiger partial charge in [-0.2, -0.15) is 0 Å². The molecule has 0 saturated carbocycles. The molecule has 2 aromatic rings. The minimum atomic E-state index is -0.431. The molecule has 1 spiro atoms. The van der Waals surface area contributed by atoms with Gasteiger partial charge in [0, 0.05) is 50.7 Å². The second kappa shape index (κ2) is 5.79. The Bertz CT molecular complexity index is 844. The molecule has 6 nitrogen and oxygen atoms in total. The number of rotatable bonds is 1. The minimum absolute atomic E-state index is 0.0616. The standard InChI is InChI=1S/C19H23N3O3/c1-20-12-15(14-6-3-4-7-16(14)20)17(23)22-10-5-8-19(9-11-22)13-21(2)18(24)25-19/h3-4,6-7,12H,5,8-11,13H2,1-2H3. The predicted octanol–water partition coefficient (Wildman–Crippen LogP) is 2.63. The highest BCUT2D eigenvalue weighted by molar-refractivity contribution is 6.07. The van der Waals surface area contributed by atoms with Crippen LogP contribution in [0.2, 0.25) is 0 Å². The number of hydrogen-bond acceptors (Lipinski definition) is 3. The molecule has 0 bridgehead atoms. The fourth-order valence-corrected chi connectivity index (χ4v) is 4.11. The molecule has 2 saturated heterocycles. The molecule has 2 amide bonds. The zero-order chi connectivity index (χ0) is 17.6. The van der Waals surface area contributed by atoms with Crippen molar-refractivity contribution in [2.24, 2.45) is 7.05 Å². The summed E-state index contributed by atoms with van der Waals surface area (Å²) in [6.45, 7) is 1.93. The first-order valence-corrected chi connectivity index (χ1v) is 8.77. The third-order valence-electron chi connectivity index (χ3n) is 5.45. The average molecular weight is 341 g/mol. The molecule has 2 aliphatic heterocycles. The van der Waals surface area contributed by atoms with Gasteiger partial charge in [0.1, 0.15) is 5.60 Å². The molecule has 1 aromatic carbocycles. The second-order valence-electron chi connectivity index (χ2n) is 7.22. The Balaban J connectivity index is 1.56. The SMILES string of the molecule is CN1CC2(CCCN(C(=O)c3cn(C)c4ccccc34)CC2)OC1=O. The highest BCUT2D eigenvalue weighted by atomic mass is 16.6. The smallest absolute Gasteiger partial charge is 0.410 e. The summed E-state index contributed by atoms with van der Waals surface area (Å²) in [7, 11) is 3.73. The van der Waals surface area contributed by atoms with Crippen LogP contribution in [0.15, 0.2) is 30.5 Å². The van der Waals surface area contributed by atoms with Gasteiger partial charge in [0.2, 0.25) is 0 Å². The van der Waals surface area contributed by atoms with Crippen LogP contribution < -0.4 is 0 Å². The summed E-state index contributed by atoms with van der Waals surface area (Å²) in [5.74, 6) is 0.0616. The molecule has 3 heterocycles. The molecule has 1 unspecified atom stereocenters. The van der Waals surface area contributed by atoms with E-state index in [1.165, 1.54) is 0 Å². The van der Waals surface area contributed by atoms with Crippen LogP contribution in [0.1, 0.15) is 29.6 Å². The summed E-state index contributed by atoms with van der Waals surface area (Å²) in [6.07, 6.45) is 4.00. The largest absolute Gasteiger partial charge is 0.441 e. The second-order valence-corrected chi connectivity index (χ2v) is 7.22. The highest BCUT2D eigenvalue weighted by Crippen LogP contribution is 2.33. The number of fused-ring (bicyclic) bond motifs is 1. The van der Waals surface area contributed by atoms with Crippen LogP contribution in [0.4, 0.5) is 4.79 Å². The molecule has 1 aromatic heterocycles. The Morgan fingerprint density at radius 2 is 1.96 bits per heavy atom. The number of aromatic nitrogens is 1. The molecule has 0 N–H and O–H groups in total. The van der Waals surface area contributed by atoms with Crippen molar-refractivity contribution in [2.45, 2.75) is 24.9 Å². The van der Waals surface area contributed by atoms with Crippen molar-refractivity contribution in [3.8, 4) is 0 Å². The van der Waals surface area contributed by atoms with Crippen LogP contribution in [0.5, 0.6) is 0 Å². The number of para-hydroxylation sites is 1. The molecule has 132 valence electrons. The molecule has 25 heavy (non-hydrogen) atoms. The number of amides is 2. The maximum absolute atomic E-state index is 13.1. The Kier molecular flexibility index (Phi) is 3.71. The number of benzene rings is 1. The van der Waals surface area contributed by atoms with Gasteiger partial charge >= 0.3 is 6.09 Å². The van der Waals surface area contributed by atoms with Crippen molar-refractivity contribution in [2.75, 3.05) is 26.7 Å². The van der Waals surface area contributed by atoms with Crippen LogP contribution in [-0.2, 0) is 11.8 Å². The molecule has 0 radical (unpaired) electrons. The summed E-state index contributed by atoms with van der Waals surface area (Å²) < 4.78 is 7.63. The van der Waals surface area contributed by atoms with Gasteiger partial charge in [-0.05, 0) is 18.9 Å². The van der Waals surface area contributed by atoms with Gasteiger partial charge in [-0.1, -0.05) is 18.2 Å². The predicted molar refractivity (Wildman–Crippen MR) is 94.5 cm³/mol. The Hall–Kier alpha value is -2.50. The first-order chi connectivity index (χ1) is 12.0. The summed E-state index contributed by atoms with van der Waals surface area (Å²) >= 11 is 0. The van der Waals surface area contributed by atoms with E-state index in [9.17, 15) is 9.59 Å². The number of aryl methyl sites for hydroxylation is 1. The zero-order valence-electron chi connectivity index (χ0n) is 14.7. The van der Waals surface area contributed by atoms with E-state index in [2.05, 4.69) is 0 Å². The molecule has 0 aliphatic carbocycles. The van der Waals surface area contributed by atoms with Crippen LogP contribution >= 0.6 is 0 Å². The maximum Gasteiger partial charge on any atom is 0.410 e. The Morgan fingerprint density at radius 1 is 1.16 bits per heavy atom. The van der Waals surface area contributed by atoms with Gasteiger partial charge in [0.25, 0.3) is 5.91 Å². The monoisotopic (exact) mass is 341 g/mol. The van der Waals surface area contributed by atoms with Crippen molar-refractivity contribution < 1.29 is 14.3 Å². The van der Waals surface area contributed by atoms with Crippen molar-refractivity contribution in [1.82, 2.24) is 14.4 Å². The van der Waals surface area contributed by atoms with Gasteiger partial charge in [-0.3, -0.25) is 4.79 Å². The first kappa shape index (κ1) is 16.0. The number of likely N-dealkylation sites (tertiary alicyclic amines) is 1. The minimum Gasteiger partial charge on any atom is -0.441 e. The van der Waals surface area contributed by atoms with Crippen molar-refractivity contribution in [3.63, 3.8) is 0 Å². The number of likely N-dealkylation sites (N-methyl/N-ethyl adjacent to an activating group) is 1. The maximum atomic E-state index is 13.1. The third-order valence-corrected chi connectivity index (χ3v) is 5.45. The van der Waals surface area contributed by atoms with Crippen LogP contribution in [0, 0.1) is 0 Å². The highest BCUT2D eigenvalue weighted by Gasteiger charge is 2.44. The topological polar surface area (TPSA) is 54.8 Å². The van der Waals surface area contributed by atoms with Crippen molar-refractivity contribution in [1.29, 1.82) is 0 Å². The molecule has 4 rings (SSSR count). The van der Waals surface area contributed by atoms with Gasteiger partial charge < -0.3 is 19.1 Å². The van der Waals surface area contributed by atoms with E-state index in [-0.39, 0.29) is 12.0 Å². The molecule has 1 atom stereocenters. The molecule has 2 fully saturated rings. The number of carbonyl (C=O) groups is 2. The van der Waals surface area contributed by atoms with E-state index in [4.69, 9.17) is 4.74 Å². The zero-order valence-corrected chi connectivity index (χ0v) is 14.7. The van der Waals surface area contributed by atoms with Crippen molar-refractivity contribution in [3.05, 3.63) is 36.0 Å². The molecule has 6 heteroatoms. The third kappa shape index (κ3) is 2.65. The lowest BCUT2D eigenvalue weighted by Crippen LogP contribution is -2.36. The van der Waals surface area contributed by atoms with E-state index in [0.717, 1.165) is 29.3 Å². The summed E-state index contributed by atoms with van der Waals surface area (Å²) in [5, 5.41) is 0.987. The van der Waals surface area contributed by atoms with Crippen LogP contribution in [0.3, 0.4) is 0 Å². The molecular formula is C19H23N3O3. The van der Waals surface area contributed by atoms with Crippen LogP contribution in [0.25, 0.3) is 10.9 Å². The van der Waals surface area contributed by atoms with Crippen LogP contribution in [-0.4, -0.2) is 58.7 Å². The molecule has 2 aliphatic rings. The van der Waals surface area contributed by atoms with Gasteiger partial charge in [-0.15, -0.1) is 0 Å². The van der Waals surface area contributed by atoms with Gasteiger partial charge in [0.05, 0.1) is 12.1 Å². The van der Waals surface area contributed by atoms with E-state index < -0.39 is 5.60 Å². The van der Waals surface area contributed by atoms with Gasteiger partial charge in [0.15, 0.2) is 0 Å². The fourth-order valence-electron chi connectivity index (χ4n) is 4.11. The average Bonchev–Trinajstić information content (AvgIpc) is 2.98. The number of nitrogens with zero attached hydrogens (tertiary/aromatic N) is 3. The van der Waals surface area contributed by atoms with Gasteiger partial charge in [-0.25, -0.2) is 4.79 Å². The van der Waals surface area contributed by atoms with E-state index in [1.807, 2.05) is 47.0 Å².